The van der Waals surface area contributed by atoms with Crippen LogP contribution >= 0.6 is 0 Å². The molecule has 2 aromatic rings. The second-order valence-electron chi connectivity index (χ2n) is 6.74. The smallest absolute Gasteiger partial charge is 0.272 e. The summed E-state index contributed by atoms with van der Waals surface area (Å²) in [6, 6.07) is 7.05. The van der Waals surface area contributed by atoms with Crippen molar-refractivity contribution < 1.29 is 18.0 Å². The van der Waals surface area contributed by atoms with E-state index in [1.54, 1.807) is 0 Å². The summed E-state index contributed by atoms with van der Waals surface area (Å²) in [5.74, 6) is -0.0389. The number of nitrogens with zero attached hydrogens (tertiary/aromatic N) is 2. The molecule has 2 aliphatic carbocycles. The molecule has 0 amide bonds. The number of hydrogen-bond acceptors (Lipinski definition) is 2. The van der Waals surface area contributed by atoms with Crippen molar-refractivity contribution in [3.05, 3.63) is 52.8 Å². The molecule has 0 atom stereocenters. The maximum Gasteiger partial charge on any atom is 0.416 e. The molecule has 0 bridgehead atoms. The molecule has 0 aliphatic heterocycles. The predicted octanol–water partition coefficient (Wildman–Crippen LogP) is 3.89. The van der Waals surface area contributed by atoms with E-state index < -0.39 is 17.2 Å². The van der Waals surface area contributed by atoms with Crippen LogP contribution < -0.4 is 0 Å². The molecule has 0 unspecified atom stereocenters. The summed E-state index contributed by atoms with van der Waals surface area (Å²) < 4.78 is 39.4. The SMILES string of the molecule is Cc1cc(C)n(C(=O)C23CC2(c2ccc(C(F)(F)F)cc2)C3)n1. The second kappa shape index (κ2) is 4.04. The molecule has 0 radical (unpaired) electrons. The van der Waals surface area contributed by atoms with Crippen molar-refractivity contribution in [1.29, 1.82) is 0 Å². The first-order valence-corrected chi connectivity index (χ1v) is 7.45. The van der Waals surface area contributed by atoms with Gasteiger partial charge < -0.3 is 0 Å². The molecule has 6 heteroatoms. The third-order valence-corrected chi connectivity index (χ3v) is 5.25. The van der Waals surface area contributed by atoms with Crippen LogP contribution in [0.2, 0.25) is 0 Å². The molecular formula is C17H15F3N2O. The van der Waals surface area contributed by atoms with Gasteiger partial charge in [-0.15, -0.1) is 0 Å². The number of hydrogen-bond donors (Lipinski definition) is 0. The molecule has 0 spiro atoms. The minimum atomic E-state index is -4.33. The van der Waals surface area contributed by atoms with E-state index >= 15 is 0 Å². The third-order valence-electron chi connectivity index (χ3n) is 5.25. The number of benzene rings is 1. The number of aromatic nitrogens is 2. The predicted molar refractivity (Wildman–Crippen MR) is 77.1 cm³/mol. The third kappa shape index (κ3) is 1.84. The van der Waals surface area contributed by atoms with Gasteiger partial charge in [0.25, 0.3) is 5.91 Å². The van der Waals surface area contributed by atoms with E-state index in [4.69, 9.17) is 0 Å². The van der Waals surface area contributed by atoms with Crippen molar-refractivity contribution in [2.75, 3.05) is 0 Å². The van der Waals surface area contributed by atoms with Crippen LogP contribution in [0.5, 0.6) is 0 Å². The topological polar surface area (TPSA) is 34.9 Å². The Kier molecular flexibility index (Phi) is 2.55. The monoisotopic (exact) mass is 320 g/mol. The Bertz CT molecular complexity index is 811. The van der Waals surface area contributed by atoms with Crippen LogP contribution in [0.15, 0.2) is 30.3 Å². The number of fused-ring (bicyclic) bond motifs is 1. The maximum atomic E-state index is 12.7. The Morgan fingerprint density at radius 3 is 2.26 bits per heavy atom. The highest BCUT2D eigenvalue weighted by molar-refractivity contribution is 5.96. The van der Waals surface area contributed by atoms with Gasteiger partial charge in [-0.3, -0.25) is 4.79 Å². The summed E-state index contributed by atoms with van der Waals surface area (Å²) in [4.78, 5) is 12.7. The van der Waals surface area contributed by atoms with Gasteiger partial charge in [0.2, 0.25) is 0 Å². The lowest BCUT2D eigenvalue weighted by molar-refractivity contribution is -0.137. The van der Waals surface area contributed by atoms with Gasteiger partial charge >= 0.3 is 6.18 Å². The molecule has 120 valence electrons. The fourth-order valence-corrected chi connectivity index (χ4v) is 3.74. The first-order valence-electron chi connectivity index (χ1n) is 7.45. The number of alkyl halides is 3. The Balaban J connectivity index is 1.60. The average molecular weight is 320 g/mol. The Morgan fingerprint density at radius 2 is 1.78 bits per heavy atom. The normalized spacial score (nSPS) is 28.4. The molecule has 0 saturated heterocycles. The first-order chi connectivity index (χ1) is 10.7. The quantitative estimate of drug-likeness (QED) is 0.841. The number of carbonyl (C=O) groups excluding carboxylic acids is 1. The van der Waals surface area contributed by atoms with E-state index in [2.05, 4.69) is 5.10 Å². The zero-order valence-corrected chi connectivity index (χ0v) is 12.7. The number of rotatable bonds is 2. The van der Waals surface area contributed by atoms with Crippen molar-refractivity contribution in [2.45, 2.75) is 38.3 Å². The number of halogens is 3. The zero-order chi connectivity index (χ0) is 16.6. The first kappa shape index (κ1) is 14.5. The van der Waals surface area contributed by atoms with Gasteiger partial charge in [-0.1, -0.05) is 12.1 Å². The van der Waals surface area contributed by atoms with Gasteiger partial charge in [-0.05, 0) is 50.5 Å². The summed E-state index contributed by atoms with van der Waals surface area (Å²) >= 11 is 0. The van der Waals surface area contributed by atoms with Crippen LogP contribution in [-0.2, 0) is 11.6 Å². The van der Waals surface area contributed by atoms with E-state index in [1.807, 2.05) is 19.9 Å². The highest BCUT2D eigenvalue weighted by Gasteiger charge is 2.87. The fraction of sp³-hybridized carbons (Fsp3) is 0.412. The van der Waals surface area contributed by atoms with Gasteiger partial charge in [0, 0.05) is 11.1 Å². The van der Waals surface area contributed by atoms with Crippen molar-refractivity contribution in [3.63, 3.8) is 0 Å². The summed E-state index contributed by atoms with van der Waals surface area (Å²) in [6.45, 7) is 3.66. The molecule has 2 fully saturated rings. The lowest BCUT2D eigenvalue weighted by atomic mass is 10.0. The summed E-state index contributed by atoms with van der Waals surface area (Å²) in [5, 5.41) is 4.23. The summed E-state index contributed by atoms with van der Waals surface area (Å²) in [5.41, 5.74) is 1.00. The minimum Gasteiger partial charge on any atom is -0.272 e. The number of aryl methyl sites for hydroxylation is 2. The van der Waals surface area contributed by atoms with Gasteiger partial charge in [-0.2, -0.15) is 18.3 Å². The van der Waals surface area contributed by atoms with Crippen LogP contribution in [0.25, 0.3) is 0 Å². The molecule has 2 saturated carbocycles. The molecule has 3 nitrogen and oxygen atoms in total. The fourth-order valence-electron chi connectivity index (χ4n) is 3.74. The van der Waals surface area contributed by atoms with E-state index in [9.17, 15) is 18.0 Å². The maximum absolute atomic E-state index is 12.7. The van der Waals surface area contributed by atoms with Crippen molar-refractivity contribution in [2.24, 2.45) is 5.41 Å². The standard InChI is InChI=1S/C17H15F3N2O/c1-10-7-11(2)22(21-10)14(23)16-8-15(16,9-16)12-3-5-13(6-4-12)17(18,19)20/h3-7H,8-9H2,1-2H3. The van der Waals surface area contributed by atoms with Gasteiger partial charge in [-0.25, -0.2) is 4.68 Å². The summed E-state index contributed by atoms with van der Waals surface area (Å²) in [6.07, 6.45) is -2.94. The summed E-state index contributed by atoms with van der Waals surface area (Å²) in [7, 11) is 0. The molecule has 1 heterocycles. The second-order valence-corrected chi connectivity index (χ2v) is 6.74. The molecule has 4 rings (SSSR count). The average Bonchev–Trinajstić information content (AvgIpc) is 3.26. The molecule has 1 aromatic carbocycles. The van der Waals surface area contributed by atoms with E-state index in [0.29, 0.717) is 12.8 Å². The molecule has 0 N–H and O–H groups in total. The number of carbonyl (C=O) groups is 1. The molecule has 2 aliphatic rings. The van der Waals surface area contributed by atoms with E-state index in [1.165, 1.54) is 16.8 Å². The Labute approximate surface area is 131 Å². The highest BCUT2D eigenvalue weighted by Crippen LogP contribution is 2.86. The highest BCUT2D eigenvalue weighted by atomic mass is 19.4. The van der Waals surface area contributed by atoms with Crippen molar-refractivity contribution in [3.8, 4) is 0 Å². The van der Waals surface area contributed by atoms with Crippen LogP contribution in [0.1, 0.15) is 40.2 Å². The van der Waals surface area contributed by atoms with Crippen LogP contribution in [0.3, 0.4) is 0 Å². The molecular weight excluding hydrogens is 305 g/mol. The zero-order valence-electron chi connectivity index (χ0n) is 12.7. The minimum absolute atomic E-state index is 0.0389. The van der Waals surface area contributed by atoms with Crippen molar-refractivity contribution in [1.82, 2.24) is 9.78 Å². The van der Waals surface area contributed by atoms with Crippen LogP contribution in [0.4, 0.5) is 13.2 Å². The lowest BCUT2D eigenvalue weighted by Gasteiger charge is -2.08. The lowest BCUT2D eigenvalue weighted by Crippen LogP contribution is -2.20. The van der Waals surface area contributed by atoms with Crippen LogP contribution in [-0.4, -0.2) is 15.7 Å². The molecule has 1 aromatic heterocycles. The van der Waals surface area contributed by atoms with Crippen molar-refractivity contribution >= 4 is 5.91 Å². The largest absolute Gasteiger partial charge is 0.416 e. The Hall–Kier alpha value is -2.11. The molecule has 23 heavy (non-hydrogen) atoms. The van der Waals surface area contributed by atoms with Gasteiger partial charge in [0.15, 0.2) is 0 Å². The van der Waals surface area contributed by atoms with Gasteiger partial charge in [0.1, 0.15) is 0 Å². The van der Waals surface area contributed by atoms with E-state index in [-0.39, 0.29) is 11.3 Å². The van der Waals surface area contributed by atoms with E-state index in [0.717, 1.165) is 29.1 Å². The Morgan fingerprint density at radius 1 is 1.17 bits per heavy atom. The van der Waals surface area contributed by atoms with Crippen LogP contribution in [0, 0.1) is 19.3 Å². The van der Waals surface area contributed by atoms with Gasteiger partial charge in [0.05, 0.1) is 16.7 Å².